The van der Waals surface area contributed by atoms with Crippen LogP contribution in [0, 0.1) is 18.8 Å². The van der Waals surface area contributed by atoms with Crippen LogP contribution in [0.4, 0.5) is 22.7 Å². The Hall–Kier alpha value is -8.52. The first-order valence-corrected chi connectivity index (χ1v) is 26.0. The molecule has 12 heteroatoms. The second-order valence-corrected chi connectivity index (χ2v) is 20.3. The van der Waals surface area contributed by atoms with Gasteiger partial charge in [0.25, 0.3) is 0 Å². The number of ether oxygens (including phenoxy) is 1. The molecular weight excluding hydrogens is 1140 g/mol. The van der Waals surface area contributed by atoms with Gasteiger partial charge < -0.3 is 33.3 Å². The maximum atomic E-state index is 9.28. The Morgan fingerprint density at radius 3 is 1.97 bits per heavy atom. The fraction of sp³-hybridized carbons (Fsp3) is 0.106. The van der Waals surface area contributed by atoms with Gasteiger partial charge in [0.05, 0.1) is 16.5 Å². The molecule has 0 bridgehead atoms. The van der Waals surface area contributed by atoms with E-state index in [2.05, 4.69) is 212 Å². The quantitative estimate of drug-likeness (QED) is 0.0999. The van der Waals surface area contributed by atoms with E-state index in [4.69, 9.17) is 21.6 Å². The van der Waals surface area contributed by atoms with Crippen molar-refractivity contribution in [1.82, 2.24) is 28.7 Å². The standard InChI is InChI=1S/C66H53B2N8O.Pt/c1-44(2)48-21-16-22-49(45(3)4)64(48)57-40-46(41-63(69-57)77-47-32-33-51-50-20-6-8-28-58(50)76(62(51)42-47)66-70-56-27-7-9-29-59(56)71(66)5)74-43-75(61-31-11-10-30-60(61)74)65-52(54-25-18-38-72-36-14-12-34-67(54)72)23-17-24-53(65)55-26-19-39-73-37-15-13-35-68(55)73;/h6-40,43-45H,1-5H3;/q-3;/i5D3,6D,8D,20D,28D;. The molecule has 0 radical (unpaired) electrons. The molecule has 0 saturated carbocycles. The SMILES string of the molecule is [2H]c1c([2H])c([2H])c2c(c1[2H])c1ccc(Oc3[c-]c(N4[CH-]N(c5c(C6=CC=CN7C=CC=CB67)cccc5C5=CC=CN6C=CC=CB56)c5ccccc54)cc(-c4c(C(C)C)cccc4C(C)C)n3)[c-]c1n2-c1nc2ccccc2n1C([2H])([2H])[2H].[Pt]. The molecule has 0 saturated heterocycles. The molecule has 382 valence electrons. The number of hydrogen-bond acceptors (Lipinski definition) is 7. The third kappa shape index (κ3) is 8.13. The number of allylic oxidation sites excluding steroid dienone is 8. The van der Waals surface area contributed by atoms with E-state index in [1.54, 1.807) is 36.4 Å². The number of hydrogen-bond donors (Lipinski definition) is 0. The van der Waals surface area contributed by atoms with Gasteiger partial charge in [-0.1, -0.05) is 148 Å². The van der Waals surface area contributed by atoms with E-state index < -0.39 is 19.1 Å². The van der Waals surface area contributed by atoms with E-state index in [-0.39, 0.29) is 92.7 Å². The number of aromatic nitrogens is 4. The minimum atomic E-state index is -2.75. The van der Waals surface area contributed by atoms with Gasteiger partial charge in [-0.3, -0.25) is 4.98 Å². The van der Waals surface area contributed by atoms with Crippen LogP contribution < -0.4 is 14.5 Å². The smallest absolute Gasteiger partial charge is 0.320 e. The van der Waals surface area contributed by atoms with E-state index in [1.807, 2.05) is 6.07 Å². The average Bonchev–Trinajstić information content (AvgIpc) is 1.68. The zero-order chi connectivity index (χ0) is 57.9. The van der Waals surface area contributed by atoms with Crippen molar-refractivity contribution < 1.29 is 35.4 Å². The fourth-order valence-electron chi connectivity index (χ4n) is 11.5. The summed E-state index contributed by atoms with van der Waals surface area (Å²) in [5.74, 6) is 4.93. The number of benzene rings is 6. The molecule has 78 heavy (non-hydrogen) atoms. The molecule has 9 aromatic rings. The molecule has 5 aliphatic heterocycles. The summed E-state index contributed by atoms with van der Waals surface area (Å²) in [7, 11) is 0. The van der Waals surface area contributed by atoms with Gasteiger partial charge >= 0.3 is 13.7 Å². The molecule has 9 nitrogen and oxygen atoms in total. The maximum absolute atomic E-state index is 9.28. The Bertz CT molecular complexity index is 4410. The number of nitrogens with zero attached hydrogens (tertiary/aromatic N) is 8. The number of fused-ring (bicyclic) bond motifs is 7. The summed E-state index contributed by atoms with van der Waals surface area (Å²) in [6, 6.07) is 39.2. The molecule has 0 spiro atoms. The van der Waals surface area contributed by atoms with Crippen molar-refractivity contribution >= 4 is 80.2 Å². The van der Waals surface area contributed by atoms with Crippen LogP contribution in [-0.2, 0) is 28.0 Å². The van der Waals surface area contributed by atoms with Crippen LogP contribution in [0.1, 0.15) is 71.4 Å². The molecule has 0 fully saturated rings. The van der Waals surface area contributed by atoms with Gasteiger partial charge in [0.15, 0.2) is 0 Å². The Balaban J connectivity index is 0.00000672. The van der Waals surface area contributed by atoms with E-state index in [0.717, 1.165) is 60.4 Å². The van der Waals surface area contributed by atoms with Gasteiger partial charge in [0.2, 0.25) is 5.95 Å². The van der Waals surface area contributed by atoms with E-state index in [1.165, 1.54) is 4.57 Å². The molecule has 5 aliphatic rings. The van der Waals surface area contributed by atoms with Crippen molar-refractivity contribution in [1.29, 1.82) is 0 Å². The van der Waals surface area contributed by atoms with Gasteiger partial charge in [-0.05, 0) is 141 Å². The average molecular weight is 1200 g/mol. The third-order valence-corrected chi connectivity index (χ3v) is 15.1. The van der Waals surface area contributed by atoms with Gasteiger partial charge in [-0.2, -0.15) is 23.9 Å². The number of rotatable bonds is 10. The van der Waals surface area contributed by atoms with Gasteiger partial charge in [0, 0.05) is 60.5 Å². The molecular formula is C66H53B2N8OPt-3. The summed E-state index contributed by atoms with van der Waals surface area (Å²) < 4.78 is 71.8. The molecule has 14 rings (SSSR count). The Labute approximate surface area is 480 Å². The van der Waals surface area contributed by atoms with Crippen LogP contribution in [0.25, 0.3) is 61.0 Å². The van der Waals surface area contributed by atoms with Crippen molar-refractivity contribution in [3.63, 3.8) is 0 Å². The maximum Gasteiger partial charge on any atom is 0.320 e. The molecule has 0 amide bonds. The van der Waals surface area contributed by atoms with Crippen molar-refractivity contribution in [2.75, 3.05) is 9.80 Å². The molecule has 6 aromatic carbocycles. The van der Waals surface area contributed by atoms with Crippen LogP contribution in [-0.4, -0.2) is 42.4 Å². The molecule has 0 N–H and O–H groups in total. The Morgan fingerprint density at radius 2 is 1.28 bits per heavy atom. The summed E-state index contributed by atoms with van der Waals surface area (Å²) in [5, 5.41) is 0.574. The fourth-order valence-corrected chi connectivity index (χ4v) is 11.5. The summed E-state index contributed by atoms with van der Waals surface area (Å²) in [6.07, 6.45) is 25.4. The molecule has 0 atom stereocenters. The van der Waals surface area contributed by atoms with Crippen LogP contribution in [0.3, 0.4) is 0 Å². The van der Waals surface area contributed by atoms with Gasteiger partial charge in [0.1, 0.15) is 5.88 Å². The number of pyridine rings is 1. The topological polar surface area (TPSA) is 57.8 Å². The number of para-hydroxylation sites is 6. The summed E-state index contributed by atoms with van der Waals surface area (Å²) >= 11 is 0. The monoisotopic (exact) mass is 1200 g/mol. The minimum Gasteiger partial charge on any atom is -0.503 e. The zero-order valence-corrected chi connectivity index (χ0v) is 45.4. The second kappa shape index (κ2) is 19.8. The van der Waals surface area contributed by atoms with Crippen molar-refractivity contribution in [2.24, 2.45) is 6.98 Å². The third-order valence-electron chi connectivity index (χ3n) is 15.1. The summed E-state index contributed by atoms with van der Waals surface area (Å²) in [6.45, 7) is 8.03. The summed E-state index contributed by atoms with van der Waals surface area (Å²) in [4.78, 5) is 19.1. The van der Waals surface area contributed by atoms with Crippen LogP contribution in [0.5, 0.6) is 11.6 Å². The number of anilines is 4. The van der Waals surface area contributed by atoms with Crippen LogP contribution >= 0.6 is 0 Å². The minimum absolute atomic E-state index is 0. The molecule has 0 unspecified atom stereocenters. The van der Waals surface area contributed by atoms with E-state index in [9.17, 15) is 2.74 Å². The largest absolute Gasteiger partial charge is 0.503 e. The van der Waals surface area contributed by atoms with Gasteiger partial charge in [-0.15, -0.1) is 24.2 Å². The summed E-state index contributed by atoms with van der Waals surface area (Å²) in [5.41, 5.74) is 12.8. The van der Waals surface area contributed by atoms with Crippen molar-refractivity contribution in [2.45, 2.75) is 39.5 Å². The zero-order valence-electron chi connectivity index (χ0n) is 50.1. The first kappa shape index (κ1) is 41.6. The Kier molecular flexibility index (Phi) is 10.6. The first-order valence-electron chi connectivity index (χ1n) is 29.5. The molecule has 0 aliphatic carbocycles. The number of imidazole rings is 1. The Morgan fingerprint density at radius 1 is 0.641 bits per heavy atom. The van der Waals surface area contributed by atoms with Crippen LogP contribution in [0.15, 0.2) is 213 Å². The van der Waals surface area contributed by atoms with E-state index >= 15 is 0 Å². The van der Waals surface area contributed by atoms with Crippen LogP contribution in [0.2, 0.25) is 0 Å². The predicted octanol–water partition coefficient (Wildman–Crippen LogP) is 15.5. The van der Waals surface area contributed by atoms with Crippen molar-refractivity contribution in [3.8, 4) is 28.8 Å². The van der Waals surface area contributed by atoms with Crippen molar-refractivity contribution in [3.05, 3.63) is 254 Å². The normalized spacial score (nSPS) is 16.7. The molecule has 3 aromatic heterocycles. The number of aryl methyl sites for hydroxylation is 1. The predicted molar refractivity (Wildman–Crippen MR) is 318 cm³/mol. The second-order valence-electron chi connectivity index (χ2n) is 20.3. The first-order chi connectivity index (χ1) is 40.6. The molecule has 8 heterocycles. The van der Waals surface area contributed by atoms with Gasteiger partial charge in [-0.25, -0.2) is 4.98 Å². The van der Waals surface area contributed by atoms with E-state index in [0.29, 0.717) is 27.8 Å².